The van der Waals surface area contributed by atoms with Crippen molar-refractivity contribution in [3.63, 3.8) is 0 Å². The molecule has 0 radical (unpaired) electrons. The number of nitrogens with zero attached hydrogens (tertiary/aromatic N) is 3. The molecule has 1 heterocycles. The zero-order valence-electron chi connectivity index (χ0n) is 14.6. The number of hydrogen-bond donors (Lipinski definition) is 0. The number of methoxy groups -OCH3 is 1. The fourth-order valence-electron chi connectivity index (χ4n) is 2.46. The average Bonchev–Trinajstić information content (AvgIpc) is 2.63. The van der Waals surface area contributed by atoms with E-state index in [1.807, 2.05) is 0 Å². The van der Waals surface area contributed by atoms with Crippen molar-refractivity contribution in [2.75, 3.05) is 20.3 Å². The summed E-state index contributed by atoms with van der Waals surface area (Å²) in [5.41, 5.74) is -0.0135. The Kier molecular flexibility index (Phi) is 6.16. The van der Waals surface area contributed by atoms with Crippen molar-refractivity contribution >= 4 is 29.8 Å². The van der Waals surface area contributed by atoms with Crippen LogP contribution in [0.4, 0.5) is 14.9 Å². The molecule has 0 bridgehead atoms. The molecule has 1 atom stereocenters. The van der Waals surface area contributed by atoms with Crippen LogP contribution in [0.2, 0.25) is 0 Å². The zero-order chi connectivity index (χ0) is 20.1. The van der Waals surface area contributed by atoms with Gasteiger partial charge in [0.25, 0.3) is 6.17 Å². The number of halogens is 1. The van der Waals surface area contributed by atoms with Gasteiger partial charge in [-0.3, -0.25) is 10.1 Å². The van der Waals surface area contributed by atoms with E-state index >= 15 is 0 Å². The number of benzene rings is 1. The second-order valence-electron chi connectivity index (χ2n) is 5.45. The molecule has 27 heavy (non-hydrogen) atoms. The molecule has 144 valence electrons. The van der Waals surface area contributed by atoms with E-state index in [0.29, 0.717) is 10.5 Å². The number of carbonyl (C=O) groups excluding carboxylic acids is 3. The van der Waals surface area contributed by atoms with Crippen molar-refractivity contribution in [1.29, 1.82) is 0 Å². The van der Waals surface area contributed by atoms with E-state index in [1.165, 1.54) is 25.3 Å². The number of alkyl halides is 1. The van der Waals surface area contributed by atoms with E-state index in [2.05, 4.69) is 4.74 Å². The lowest BCUT2D eigenvalue weighted by molar-refractivity contribution is -0.452. The second-order valence-corrected chi connectivity index (χ2v) is 5.45. The fourth-order valence-corrected chi connectivity index (χ4v) is 2.46. The van der Waals surface area contributed by atoms with Gasteiger partial charge in [-0.1, -0.05) is 6.07 Å². The van der Waals surface area contributed by atoms with Crippen molar-refractivity contribution in [1.82, 2.24) is 4.90 Å². The minimum absolute atomic E-state index is 0.0279. The molecule has 0 fully saturated rings. The Hall–Kier alpha value is -3.37. The zero-order valence-corrected chi connectivity index (χ0v) is 14.6. The first kappa shape index (κ1) is 19.9. The van der Waals surface area contributed by atoms with E-state index in [1.54, 1.807) is 6.92 Å². The highest BCUT2D eigenvalue weighted by Gasteiger charge is 2.44. The van der Waals surface area contributed by atoms with Gasteiger partial charge in [-0.2, -0.15) is 9.37 Å². The quantitative estimate of drug-likeness (QED) is 0.299. The molecule has 1 unspecified atom stereocenters. The molecule has 3 amide bonds. The lowest BCUT2D eigenvalue weighted by atomic mass is 10.1. The molecule has 2 rings (SSSR count). The predicted molar refractivity (Wildman–Crippen MR) is 88.3 cm³/mol. The first-order valence-electron chi connectivity index (χ1n) is 7.86. The van der Waals surface area contributed by atoms with Crippen molar-refractivity contribution in [3.8, 4) is 5.75 Å². The Labute approximate surface area is 152 Å². The molecular formula is C16H17FN3O7+. The van der Waals surface area contributed by atoms with E-state index in [4.69, 9.17) is 4.74 Å². The molecule has 1 aromatic rings. The third kappa shape index (κ3) is 4.43. The Morgan fingerprint density at radius 2 is 2.11 bits per heavy atom. The maximum atomic E-state index is 14.0. The van der Waals surface area contributed by atoms with Crippen LogP contribution < -0.4 is 4.74 Å². The summed E-state index contributed by atoms with van der Waals surface area (Å²) in [5, 5.41) is 11.1. The number of urea groups is 1. The minimum atomic E-state index is -2.13. The van der Waals surface area contributed by atoms with Crippen LogP contribution in [-0.2, 0) is 20.9 Å². The van der Waals surface area contributed by atoms with Gasteiger partial charge in [-0.05, 0) is 13.0 Å². The highest BCUT2D eigenvalue weighted by Crippen LogP contribution is 2.28. The third-order valence-corrected chi connectivity index (χ3v) is 3.67. The number of esters is 1. The van der Waals surface area contributed by atoms with Crippen LogP contribution in [0.3, 0.4) is 0 Å². The predicted octanol–water partition coefficient (Wildman–Crippen LogP) is 1.05. The number of amides is 3. The van der Waals surface area contributed by atoms with E-state index < -0.39 is 35.5 Å². The van der Waals surface area contributed by atoms with Gasteiger partial charge < -0.3 is 9.47 Å². The number of carbonyl (C=O) groups is 3. The number of nitro benzene ring substituents is 1. The summed E-state index contributed by atoms with van der Waals surface area (Å²) in [6.07, 6.45) is -1.37. The van der Waals surface area contributed by atoms with Gasteiger partial charge in [0.15, 0.2) is 12.3 Å². The fraction of sp³-hybridized carbons (Fsp3) is 0.375. The van der Waals surface area contributed by atoms with Gasteiger partial charge in [-0.25, -0.2) is 14.0 Å². The molecule has 0 saturated carbocycles. The maximum Gasteiger partial charge on any atom is 0.501 e. The summed E-state index contributed by atoms with van der Waals surface area (Å²) >= 11 is 0. The smallest absolute Gasteiger partial charge is 0.490 e. The van der Waals surface area contributed by atoms with Crippen LogP contribution in [0.5, 0.6) is 5.75 Å². The van der Waals surface area contributed by atoms with Crippen molar-refractivity contribution < 1.29 is 37.7 Å². The number of rotatable bonds is 7. The molecular weight excluding hydrogens is 365 g/mol. The summed E-state index contributed by atoms with van der Waals surface area (Å²) in [6.45, 7) is 0.627. The molecule has 0 aliphatic carbocycles. The largest absolute Gasteiger partial charge is 0.501 e. The first-order valence-corrected chi connectivity index (χ1v) is 7.86. The Morgan fingerprint density at radius 3 is 2.70 bits per heavy atom. The molecule has 1 aliphatic heterocycles. The summed E-state index contributed by atoms with van der Waals surface area (Å²) in [4.78, 5) is 46.7. The van der Waals surface area contributed by atoms with Crippen molar-refractivity contribution in [3.05, 3.63) is 33.9 Å². The average molecular weight is 382 g/mol. The SMILES string of the molecule is CCOC(=O)CN1C(=O)C(F)C=[N+](Cc2ccc(OC)c([N+](=O)[O-])c2)C1=O. The second kappa shape index (κ2) is 8.34. The molecule has 10 nitrogen and oxygen atoms in total. The minimum Gasteiger partial charge on any atom is -0.490 e. The first-order chi connectivity index (χ1) is 12.8. The Bertz CT molecular complexity index is 824. The van der Waals surface area contributed by atoms with Gasteiger partial charge in [0.2, 0.25) is 0 Å². The maximum absolute atomic E-state index is 14.0. The van der Waals surface area contributed by atoms with E-state index in [-0.39, 0.29) is 24.6 Å². The van der Waals surface area contributed by atoms with Crippen LogP contribution in [0.1, 0.15) is 12.5 Å². The van der Waals surface area contributed by atoms with Gasteiger partial charge >= 0.3 is 23.6 Å². The normalized spacial score (nSPS) is 16.8. The Morgan fingerprint density at radius 1 is 1.41 bits per heavy atom. The number of nitro groups is 1. The lowest BCUT2D eigenvalue weighted by Crippen LogP contribution is -2.53. The molecule has 0 N–H and O–H groups in total. The Balaban J connectivity index is 2.27. The van der Waals surface area contributed by atoms with Gasteiger partial charge in [0.05, 0.1) is 18.6 Å². The van der Waals surface area contributed by atoms with Crippen LogP contribution in [0.15, 0.2) is 18.2 Å². The van der Waals surface area contributed by atoms with Crippen LogP contribution >= 0.6 is 0 Å². The van der Waals surface area contributed by atoms with Crippen LogP contribution in [0.25, 0.3) is 0 Å². The van der Waals surface area contributed by atoms with Crippen molar-refractivity contribution in [2.24, 2.45) is 0 Å². The van der Waals surface area contributed by atoms with Gasteiger partial charge in [0.1, 0.15) is 12.8 Å². The monoisotopic (exact) mass is 382 g/mol. The highest BCUT2D eigenvalue weighted by atomic mass is 19.1. The number of imide groups is 1. The lowest BCUT2D eigenvalue weighted by Gasteiger charge is -2.19. The van der Waals surface area contributed by atoms with Crippen LogP contribution in [0, 0.1) is 10.1 Å². The summed E-state index contributed by atoms with van der Waals surface area (Å²) < 4.78 is 24.4. The molecule has 0 saturated heterocycles. The molecule has 0 aromatic heterocycles. The molecule has 1 aromatic carbocycles. The van der Waals surface area contributed by atoms with Gasteiger partial charge in [0, 0.05) is 11.6 Å². The standard InChI is InChI=1S/C16H17FN3O7/c1-3-27-14(21)9-19-15(22)11(17)8-18(16(19)23)7-10-4-5-13(26-2)12(6-10)20(24)25/h4-6,8,11H,3,7,9H2,1-2H3/q+1. The van der Waals surface area contributed by atoms with E-state index in [0.717, 1.165) is 10.8 Å². The topological polar surface area (TPSA) is 119 Å². The summed E-state index contributed by atoms with van der Waals surface area (Å²) in [7, 11) is 1.27. The van der Waals surface area contributed by atoms with Gasteiger partial charge in [-0.15, -0.1) is 4.90 Å². The van der Waals surface area contributed by atoms with Crippen molar-refractivity contribution in [2.45, 2.75) is 19.6 Å². The summed E-state index contributed by atoms with van der Waals surface area (Å²) in [5.74, 6) is -2.00. The number of ether oxygens (including phenoxy) is 2. The third-order valence-electron chi connectivity index (χ3n) is 3.67. The number of hydrogen-bond acceptors (Lipinski definition) is 7. The highest BCUT2D eigenvalue weighted by molar-refractivity contribution is 6.07. The summed E-state index contributed by atoms with van der Waals surface area (Å²) in [6, 6.07) is 3.06. The molecule has 0 spiro atoms. The van der Waals surface area contributed by atoms with Crippen LogP contribution in [-0.4, -0.2) is 65.0 Å². The molecule has 11 heteroatoms. The van der Waals surface area contributed by atoms with E-state index in [9.17, 15) is 28.9 Å². The molecule has 1 aliphatic rings.